The van der Waals surface area contributed by atoms with E-state index in [-0.39, 0.29) is 11.6 Å². The molecular formula is C11H20O4. The van der Waals surface area contributed by atoms with E-state index < -0.39 is 12.2 Å². The van der Waals surface area contributed by atoms with E-state index in [9.17, 15) is 9.59 Å². The molecule has 0 heterocycles. The Kier molecular flexibility index (Phi) is 7.17. The maximum atomic E-state index is 11.8. The van der Waals surface area contributed by atoms with Gasteiger partial charge < -0.3 is 9.47 Å². The molecule has 0 aliphatic rings. The Labute approximate surface area is 90.9 Å². The first-order chi connectivity index (χ1) is 7.08. The predicted octanol–water partition coefficient (Wildman–Crippen LogP) is 1.36. The van der Waals surface area contributed by atoms with Crippen LogP contribution < -0.4 is 0 Å². The number of hydrogen-bond donors (Lipinski definition) is 0. The second kappa shape index (κ2) is 7.54. The monoisotopic (exact) mass is 216 g/mol. The predicted molar refractivity (Wildman–Crippen MR) is 56.8 cm³/mol. The van der Waals surface area contributed by atoms with Crippen molar-refractivity contribution in [2.45, 2.75) is 46.3 Å². The Balaban J connectivity index is 4.47. The van der Waals surface area contributed by atoms with E-state index in [0.29, 0.717) is 19.6 Å². The van der Waals surface area contributed by atoms with Crippen molar-refractivity contribution in [1.82, 2.24) is 0 Å². The molecule has 2 unspecified atom stereocenters. The van der Waals surface area contributed by atoms with E-state index in [1.54, 1.807) is 27.7 Å². The molecule has 0 aromatic rings. The van der Waals surface area contributed by atoms with Gasteiger partial charge in [-0.3, -0.25) is 9.59 Å². The maximum Gasteiger partial charge on any atom is 0.197 e. The summed E-state index contributed by atoms with van der Waals surface area (Å²) in [7, 11) is 0. The first kappa shape index (κ1) is 14.3. The van der Waals surface area contributed by atoms with Crippen molar-refractivity contribution in [3.05, 3.63) is 0 Å². The lowest BCUT2D eigenvalue weighted by Gasteiger charge is -2.18. The number of hydrogen-bond acceptors (Lipinski definition) is 4. The lowest BCUT2D eigenvalue weighted by Crippen LogP contribution is -2.39. The molecule has 0 N–H and O–H groups in total. The normalized spacial score (nSPS) is 14.7. The summed E-state index contributed by atoms with van der Waals surface area (Å²) in [5.41, 5.74) is 0. The van der Waals surface area contributed by atoms with Crippen molar-refractivity contribution in [3.63, 3.8) is 0 Å². The van der Waals surface area contributed by atoms with E-state index >= 15 is 0 Å². The zero-order valence-corrected chi connectivity index (χ0v) is 9.91. The highest BCUT2D eigenvalue weighted by molar-refractivity contribution is 6.06. The van der Waals surface area contributed by atoms with Gasteiger partial charge in [-0.05, 0) is 20.8 Å². The van der Waals surface area contributed by atoms with Gasteiger partial charge in [-0.25, -0.2) is 0 Å². The van der Waals surface area contributed by atoms with Gasteiger partial charge >= 0.3 is 0 Å². The minimum atomic E-state index is -0.957. The molecule has 0 fully saturated rings. The smallest absolute Gasteiger partial charge is 0.197 e. The second-order valence-corrected chi connectivity index (χ2v) is 3.16. The van der Waals surface area contributed by atoms with Crippen LogP contribution in [0.2, 0.25) is 0 Å². The summed E-state index contributed by atoms with van der Waals surface area (Å²) in [5, 5.41) is 0. The molecule has 0 saturated heterocycles. The molecule has 0 aliphatic carbocycles. The van der Waals surface area contributed by atoms with E-state index in [1.807, 2.05) is 0 Å². The van der Waals surface area contributed by atoms with Crippen molar-refractivity contribution in [1.29, 1.82) is 0 Å². The molecule has 0 bridgehead atoms. The van der Waals surface area contributed by atoms with Crippen LogP contribution in [0.3, 0.4) is 0 Å². The van der Waals surface area contributed by atoms with E-state index in [2.05, 4.69) is 0 Å². The van der Waals surface area contributed by atoms with Crippen LogP contribution in [-0.4, -0.2) is 37.0 Å². The number of carbonyl (C=O) groups is 2. The Morgan fingerprint density at radius 1 is 1.07 bits per heavy atom. The first-order valence-corrected chi connectivity index (χ1v) is 5.38. The van der Waals surface area contributed by atoms with Gasteiger partial charge in [0, 0.05) is 19.6 Å². The third-order valence-corrected chi connectivity index (χ3v) is 2.05. The quantitative estimate of drug-likeness (QED) is 0.575. The van der Waals surface area contributed by atoms with E-state index in [4.69, 9.17) is 9.47 Å². The van der Waals surface area contributed by atoms with E-state index in [1.165, 1.54) is 0 Å². The van der Waals surface area contributed by atoms with Gasteiger partial charge in [0.1, 0.15) is 6.10 Å². The highest BCUT2D eigenvalue weighted by Crippen LogP contribution is 2.05. The average molecular weight is 216 g/mol. The summed E-state index contributed by atoms with van der Waals surface area (Å²) in [6.07, 6.45) is -1.24. The molecule has 0 radical (unpaired) electrons. The first-order valence-electron chi connectivity index (χ1n) is 5.38. The fraction of sp³-hybridized carbons (Fsp3) is 0.818. The van der Waals surface area contributed by atoms with Crippen LogP contribution in [0.25, 0.3) is 0 Å². The SMILES string of the molecule is CCOC(C)C(=O)C(OCC)C(=O)CC. The molecule has 0 rings (SSSR count). The van der Waals surface area contributed by atoms with Crippen LogP contribution in [0.1, 0.15) is 34.1 Å². The van der Waals surface area contributed by atoms with E-state index in [0.717, 1.165) is 0 Å². The van der Waals surface area contributed by atoms with Crippen LogP contribution in [0.4, 0.5) is 0 Å². The number of carbonyl (C=O) groups excluding carboxylic acids is 2. The van der Waals surface area contributed by atoms with Gasteiger partial charge in [-0.2, -0.15) is 0 Å². The summed E-state index contributed by atoms with van der Waals surface area (Å²) in [4.78, 5) is 23.2. The molecule has 15 heavy (non-hydrogen) atoms. The van der Waals surface area contributed by atoms with Crippen molar-refractivity contribution in [2.24, 2.45) is 0 Å². The summed E-state index contributed by atoms with van der Waals surface area (Å²) in [5.74, 6) is -0.473. The molecule has 4 heteroatoms. The maximum absolute atomic E-state index is 11.8. The van der Waals surface area contributed by atoms with Crippen LogP contribution >= 0.6 is 0 Å². The number of Topliss-reactive ketones (excluding diaryl/α,β-unsaturated/α-hetero) is 2. The molecule has 0 aromatic carbocycles. The molecular weight excluding hydrogens is 196 g/mol. The lowest BCUT2D eigenvalue weighted by atomic mass is 10.1. The van der Waals surface area contributed by atoms with Gasteiger partial charge in [-0.1, -0.05) is 6.92 Å². The Bertz CT molecular complexity index is 213. The van der Waals surface area contributed by atoms with Gasteiger partial charge in [0.25, 0.3) is 0 Å². The molecule has 0 spiro atoms. The van der Waals surface area contributed by atoms with Gasteiger partial charge in [-0.15, -0.1) is 0 Å². The topological polar surface area (TPSA) is 52.6 Å². The molecule has 0 amide bonds. The second-order valence-electron chi connectivity index (χ2n) is 3.16. The van der Waals surface area contributed by atoms with Crippen LogP contribution in [-0.2, 0) is 19.1 Å². The van der Waals surface area contributed by atoms with Crippen molar-refractivity contribution in [2.75, 3.05) is 13.2 Å². The molecule has 0 aliphatic heterocycles. The molecule has 0 saturated carbocycles. The Hall–Kier alpha value is -0.740. The minimum absolute atomic E-state index is 0.187. The third kappa shape index (κ3) is 4.53. The minimum Gasteiger partial charge on any atom is -0.371 e. The Morgan fingerprint density at radius 3 is 2.00 bits per heavy atom. The van der Waals surface area contributed by atoms with Crippen molar-refractivity contribution in [3.8, 4) is 0 Å². The average Bonchev–Trinajstić information content (AvgIpc) is 2.24. The molecule has 2 atom stereocenters. The summed E-state index contributed by atoms with van der Waals surface area (Å²) >= 11 is 0. The standard InChI is InChI=1S/C11H20O4/c1-5-9(12)11(15-7-3)10(13)8(4)14-6-2/h8,11H,5-7H2,1-4H3. The third-order valence-electron chi connectivity index (χ3n) is 2.05. The van der Waals surface area contributed by atoms with Gasteiger partial charge in [0.15, 0.2) is 17.7 Å². The number of ketones is 2. The summed E-state index contributed by atoms with van der Waals surface area (Å²) in [6, 6.07) is 0. The zero-order chi connectivity index (χ0) is 11.8. The molecule has 88 valence electrons. The van der Waals surface area contributed by atoms with Crippen LogP contribution in [0.15, 0.2) is 0 Å². The lowest BCUT2D eigenvalue weighted by molar-refractivity contribution is -0.149. The summed E-state index contributed by atoms with van der Waals surface area (Å²) < 4.78 is 10.3. The zero-order valence-electron chi connectivity index (χ0n) is 9.91. The highest BCUT2D eigenvalue weighted by Gasteiger charge is 2.29. The van der Waals surface area contributed by atoms with Gasteiger partial charge in [0.05, 0.1) is 0 Å². The van der Waals surface area contributed by atoms with Gasteiger partial charge in [0.2, 0.25) is 0 Å². The molecule has 4 nitrogen and oxygen atoms in total. The fourth-order valence-electron chi connectivity index (χ4n) is 1.23. The van der Waals surface area contributed by atoms with Crippen molar-refractivity contribution < 1.29 is 19.1 Å². The van der Waals surface area contributed by atoms with Crippen molar-refractivity contribution >= 4 is 11.6 Å². The number of ether oxygens (including phenoxy) is 2. The van der Waals surface area contributed by atoms with Crippen LogP contribution in [0.5, 0.6) is 0 Å². The molecule has 0 aromatic heterocycles. The Morgan fingerprint density at radius 2 is 1.60 bits per heavy atom. The summed E-state index contributed by atoms with van der Waals surface area (Å²) in [6.45, 7) is 7.72. The van der Waals surface area contributed by atoms with Crippen LogP contribution in [0, 0.1) is 0 Å². The highest BCUT2D eigenvalue weighted by atomic mass is 16.5. The largest absolute Gasteiger partial charge is 0.371 e. The fourth-order valence-corrected chi connectivity index (χ4v) is 1.23. The number of rotatable bonds is 8.